The fourth-order valence-electron chi connectivity index (χ4n) is 1.20. The molecule has 0 aliphatic carbocycles. The van der Waals surface area contributed by atoms with Crippen LogP contribution in [0, 0.1) is 5.53 Å². The van der Waals surface area contributed by atoms with Crippen LogP contribution in [0.25, 0.3) is 0 Å². The first-order valence-electron chi connectivity index (χ1n) is 4.18. The summed E-state index contributed by atoms with van der Waals surface area (Å²) in [5.41, 5.74) is 7.36. The van der Waals surface area contributed by atoms with Crippen LogP contribution in [-0.2, 0) is 4.79 Å². The Balaban J connectivity index is 2.53. The van der Waals surface area contributed by atoms with Crippen LogP contribution in [0.4, 0.5) is 4.79 Å². The van der Waals surface area contributed by atoms with Crippen molar-refractivity contribution in [3.8, 4) is 0 Å². The first kappa shape index (κ1) is 10.4. The number of hydrogen-bond acceptors (Lipinski definition) is 4. The van der Waals surface area contributed by atoms with E-state index >= 15 is 0 Å². The summed E-state index contributed by atoms with van der Waals surface area (Å²) in [4.78, 5) is 23.5. The van der Waals surface area contributed by atoms with Crippen molar-refractivity contribution >= 4 is 11.8 Å². The van der Waals surface area contributed by atoms with Gasteiger partial charge in [0.05, 0.1) is 0 Å². The minimum absolute atomic E-state index is 0.0883. The van der Waals surface area contributed by atoms with Gasteiger partial charge >= 0.3 is 6.03 Å². The highest BCUT2D eigenvalue weighted by atomic mass is 16.2. The summed E-state index contributed by atoms with van der Waals surface area (Å²) in [6, 6.07) is -0.175. The quantitative estimate of drug-likeness (QED) is 0.642. The smallest absolute Gasteiger partial charge is 0.321 e. The number of hydrogen-bond donors (Lipinski definition) is 2. The number of amides is 2. The molecule has 0 bridgehead atoms. The van der Waals surface area contributed by atoms with E-state index in [0.717, 1.165) is 5.57 Å². The Bertz CT molecular complexity index is 298. The molecule has 0 fully saturated rings. The Morgan fingerprint density at radius 2 is 2.50 bits per heavy atom. The second-order valence-electron chi connectivity index (χ2n) is 3.09. The second kappa shape index (κ2) is 4.50. The van der Waals surface area contributed by atoms with Gasteiger partial charge < -0.3 is 10.2 Å². The highest BCUT2D eigenvalue weighted by molar-refractivity contribution is 5.84. The van der Waals surface area contributed by atoms with E-state index in [1.54, 1.807) is 13.2 Å². The number of carbonyl (C=O) groups excluding carboxylic acids is 2. The molecule has 0 aromatic rings. The summed E-state index contributed by atoms with van der Waals surface area (Å²) in [5.74, 6) is -0.115. The lowest BCUT2D eigenvalue weighted by atomic mass is 10.1. The van der Waals surface area contributed by atoms with Crippen molar-refractivity contribution in [3.63, 3.8) is 0 Å². The summed E-state index contributed by atoms with van der Waals surface area (Å²) in [6.45, 7) is 0.307. The molecule has 2 N–H and O–H groups in total. The molecule has 6 nitrogen and oxygen atoms in total. The average Bonchev–Trinajstić information content (AvgIpc) is 2.12. The molecule has 0 aromatic carbocycles. The molecule has 2 amide bonds. The van der Waals surface area contributed by atoms with Gasteiger partial charge in [0.1, 0.15) is 6.54 Å². The Labute approximate surface area is 81.5 Å². The van der Waals surface area contributed by atoms with Crippen LogP contribution in [0.3, 0.4) is 0 Å². The third kappa shape index (κ3) is 2.65. The summed E-state index contributed by atoms with van der Waals surface area (Å²) in [6.07, 6.45) is 1.88. The van der Waals surface area contributed by atoms with Crippen molar-refractivity contribution in [3.05, 3.63) is 11.8 Å². The molecular weight excluding hydrogens is 184 g/mol. The molecule has 76 valence electrons. The van der Waals surface area contributed by atoms with E-state index in [1.165, 1.54) is 4.90 Å². The van der Waals surface area contributed by atoms with Gasteiger partial charge in [0.15, 0.2) is 5.78 Å². The Hall–Kier alpha value is -1.72. The van der Waals surface area contributed by atoms with Crippen LogP contribution in [0.15, 0.2) is 16.9 Å². The third-order valence-corrected chi connectivity index (χ3v) is 1.84. The first-order chi connectivity index (χ1) is 6.63. The van der Waals surface area contributed by atoms with Crippen LogP contribution >= 0.6 is 0 Å². The summed E-state index contributed by atoms with van der Waals surface area (Å²) in [5, 5.41) is 5.63. The Morgan fingerprint density at radius 3 is 3.07 bits per heavy atom. The minimum Gasteiger partial charge on any atom is -0.334 e. The summed E-state index contributed by atoms with van der Waals surface area (Å²) >= 11 is 0. The molecular formula is C8H12N4O2. The molecule has 1 aliphatic rings. The van der Waals surface area contributed by atoms with Gasteiger partial charge in [-0.25, -0.2) is 10.3 Å². The lowest BCUT2D eigenvalue weighted by Gasteiger charge is -2.21. The van der Waals surface area contributed by atoms with E-state index in [1.807, 2.05) is 0 Å². The van der Waals surface area contributed by atoms with Crippen LogP contribution in [-0.4, -0.2) is 36.9 Å². The van der Waals surface area contributed by atoms with Crippen molar-refractivity contribution < 1.29 is 9.59 Å². The largest absolute Gasteiger partial charge is 0.334 e. The lowest BCUT2D eigenvalue weighted by Crippen LogP contribution is -2.40. The van der Waals surface area contributed by atoms with Gasteiger partial charge in [-0.15, -0.1) is 0 Å². The normalized spacial score (nSPS) is 15.9. The average molecular weight is 196 g/mol. The molecule has 0 atom stereocenters. The summed E-state index contributed by atoms with van der Waals surface area (Å²) < 4.78 is 0. The molecule has 0 radical (unpaired) electrons. The zero-order valence-corrected chi connectivity index (χ0v) is 7.91. The summed E-state index contributed by atoms with van der Waals surface area (Å²) in [7, 11) is 1.62. The maximum Gasteiger partial charge on any atom is 0.321 e. The van der Waals surface area contributed by atoms with Crippen molar-refractivity contribution in [2.75, 3.05) is 20.1 Å². The van der Waals surface area contributed by atoms with Crippen LogP contribution in [0.5, 0.6) is 0 Å². The van der Waals surface area contributed by atoms with Crippen molar-refractivity contribution in [2.24, 2.45) is 5.11 Å². The van der Waals surface area contributed by atoms with E-state index in [2.05, 4.69) is 10.4 Å². The molecule has 1 rings (SSSR count). The maximum absolute atomic E-state index is 11.1. The highest BCUT2D eigenvalue weighted by Crippen LogP contribution is 2.07. The zero-order chi connectivity index (χ0) is 10.6. The third-order valence-electron chi connectivity index (χ3n) is 1.84. The fourth-order valence-corrected chi connectivity index (χ4v) is 1.20. The molecule has 0 saturated heterocycles. The predicted octanol–water partition coefficient (Wildman–Crippen LogP) is 0.515. The minimum atomic E-state index is -0.175. The Morgan fingerprint density at radius 1 is 1.79 bits per heavy atom. The van der Waals surface area contributed by atoms with Crippen LogP contribution in [0.1, 0.15) is 6.42 Å². The predicted molar refractivity (Wildman–Crippen MR) is 48.9 cm³/mol. The molecule has 0 aromatic heterocycles. The topological polar surface area (TPSA) is 85.6 Å². The molecule has 0 saturated carbocycles. The van der Waals surface area contributed by atoms with Gasteiger partial charge in [-0.3, -0.25) is 4.79 Å². The van der Waals surface area contributed by atoms with Gasteiger partial charge in [0.25, 0.3) is 0 Å². The van der Waals surface area contributed by atoms with Crippen molar-refractivity contribution in [1.29, 1.82) is 5.53 Å². The van der Waals surface area contributed by atoms with Gasteiger partial charge in [-0.1, -0.05) is 0 Å². The SMILES string of the molecule is CN1C=C(CC(=O)CN=N)CNC1=O. The number of urea groups is 1. The van der Waals surface area contributed by atoms with Gasteiger partial charge in [0.2, 0.25) is 0 Å². The number of carbonyl (C=O) groups is 2. The van der Waals surface area contributed by atoms with Gasteiger partial charge in [-0.2, -0.15) is 5.11 Å². The van der Waals surface area contributed by atoms with E-state index in [-0.39, 0.29) is 24.8 Å². The first-order valence-corrected chi connectivity index (χ1v) is 4.18. The van der Waals surface area contributed by atoms with E-state index in [4.69, 9.17) is 5.53 Å². The number of ketones is 1. The Kier molecular flexibility index (Phi) is 3.33. The molecule has 1 heterocycles. The lowest BCUT2D eigenvalue weighted by molar-refractivity contribution is -0.117. The van der Waals surface area contributed by atoms with Crippen LogP contribution in [0.2, 0.25) is 0 Å². The van der Waals surface area contributed by atoms with E-state index in [0.29, 0.717) is 6.54 Å². The molecule has 6 heteroatoms. The molecule has 0 unspecified atom stereocenters. The van der Waals surface area contributed by atoms with Crippen molar-refractivity contribution in [2.45, 2.75) is 6.42 Å². The van der Waals surface area contributed by atoms with E-state index < -0.39 is 0 Å². The maximum atomic E-state index is 11.1. The number of nitrogens with zero attached hydrogens (tertiary/aromatic N) is 2. The van der Waals surface area contributed by atoms with Gasteiger partial charge in [-0.05, 0) is 5.57 Å². The molecule has 1 aliphatic heterocycles. The molecule has 0 spiro atoms. The fraction of sp³-hybridized carbons (Fsp3) is 0.500. The standard InChI is InChI=1S/C8H12N4O2/c1-12-5-6(3-10-8(12)14)2-7(13)4-11-9/h5,9H,2-4H2,1H3,(H,10,14). The number of nitrogens with one attached hydrogen (secondary N) is 2. The monoisotopic (exact) mass is 196 g/mol. The number of Topliss-reactive ketones (excluding diaryl/α,β-unsaturated/α-hetero) is 1. The number of rotatable bonds is 4. The van der Waals surface area contributed by atoms with Gasteiger partial charge in [0, 0.05) is 26.2 Å². The highest BCUT2D eigenvalue weighted by Gasteiger charge is 2.15. The van der Waals surface area contributed by atoms with Crippen LogP contribution < -0.4 is 5.32 Å². The second-order valence-corrected chi connectivity index (χ2v) is 3.09. The zero-order valence-electron chi connectivity index (χ0n) is 7.91. The molecule has 14 heavy (non-hydrogen) atoms. The van der Waals surface area contributed by atoms with Crippen molar-refractivity contribution in [1.82, 2.24) is 10.2 Å². The van der Waals surface area contributed by atoms with E-state index in [9.17, 15) is 9.59 Å².